The van der Waals surface area contributed by atoms with Gasteiger partial charge in [-0.2, -0.15) is 0 Å². The van der Waals surface area contributed by atoms with Crippen molar-refractivity contribution < 1.29 is 5.11 Å². The Morgan fingerprint density at radius 2 is 2.15 bits per heavy atom. The van der Waals surface area contributed by atoms with E-state index < -0.39 is 0 Å². The zero-order valence-corrected chi connectivity index (χ0v) is 9.61. The summed E-state index contributed by atoms with van der Waals surface area (Å²) in [5, 5.41) is 11.6. The van der Waals surface area contributed by atoms with Crippen LogP contribution in [-0.4, -0.2) is 11.2 Å². The van der Waals surface area contributed by atoms with E-state index in [2.05, 4.69) is 32.2 Å². The van der Waals surface area contributed by atoms with Crippen LogP contribution in [0.25, 0.3) is 0 Å². The summed E-state index contributed by atoms with van der Waals surface area (Å²) in [5.74, 6) is 0. The lowest BCUT2D eigenvalue weighted by atomic mass is 9.81. The number of hydrogen-bond acceptors (Lipinski definition) is 2. The number of aliphatic hydroxyl groups is 1. The standard InChI is InChI=1S/C11H18OS/c1-8(12)6-11(3,4)10-5-9(2)13-7-10/h5,7-8,12H,6H2,1-4H3. The van der Waals surface area contributed by atoms with E-state index in [0.717, 1.165) is 6.42 Å². The Kier molecular flexibility index (Phi) is 3.14. The highest BCUT2D eigenvalue weighted by Crippen LogP contribution is 2.31. The first-order valence-electron chi connectivity index (χ1n) is 4.65. The summed E-state index contributed by atoms with van der Waals surface area (Å²) in [6, 6.07) is 2.22. The molecule has 13 heavy (non-hydrogen) atoms. The topological polar surface area (TPSA) is 20.2 Å². The zero-order valence-electron chi connectivity index (χ0n) is 8.79. The molecular formula is C11H18OS. The first-order valence-corrected chi connectivity index (χ1v) is 5.53. The van der Waals surface area contributed by atoms with Crippen molar-refractivity contribution in [3.05, 3.63) is 21.9 Å². The van der Waals surface area contributed by atoms with E-state index in [9.17, 15) is 5.11 Å². The molecule has 0 saturated carbocycles. The van der Waals surface area contributed by atoms with Crippen LogP contribution >= 0.6 is 11.3 Å². The molecule has 0 saturated heterocycles. The highest BCUT2D eigenvalue weighted by molar-refractivity contribution is 7.10. The zero-order chi connectivity index (χ0) is 10.1. The molecule has 0 bridgehead atoms. The lowest BCUT2D eigenvalue weighted by molar-refractivity contribution is 0.157. The van der Waals surface area contributed by atoms with Gasteiger partial charge in [0.25, 0.3) is 0 Å². The summed E-state index contributed by atoms with van der Waals surface area (Å²) in [7, 11) is 0. The third kappa shape index (κ3) is 2.82. The number of rotatable bonds is 3. The lowest BCUT2D eigenvalue weighted by Gasteiger charge is -2.25. The van der Waals surface area contributed by atoms with Gasteiger partial charge in [0.15, 0.2) is 0 Å². The molecular weight excluding hydrogens is 180 g/mol. The number of hydrogen-bond donors (Lipinski definition) is 1. The highest BCUT2D eigenvalue weighted by Gasteiger charge is 2.23. The molecule has 0 amide bonds. The van der Waals surface area contributed by atoms with E-state index in [4.69, 9.17) is 0 Å². The summed E-state index contributed by atoms with van der Waals surface area (Å²) in [5.41, 5.74) is 1.44. The van der Waals surface area contributed by atoms with Gasteiger partial charge in [0.1, 0.15) is 0 Å². The molecule has 0 aromatic carbocycles. The molecule has 1 rings (SSSR count). The van der Waals surface area contributed by atoms with Crippen molar-refractivity contribution in [2.45, 2.75) is 45.6 Å². The fraction of sp³-hybridized carbons (Fsp3) is 0.636. The molecule has 1 aromatic heterocycles. The molecule has 1 atom stereocenters. The second-order valence-corrected chi connectivity index (χ2v) is 5.50. The summed E-state index contributed by atoms with van der Waals surface area (Å²) >= 11 is 1.78. The third-order valence-electron chi connectivity index (χ3n) is 2.32. The molecule has 0 spiro atoms. The molecule has 0 aliphatic heterocycles. The molecule has 1 unspecified atom stereocenters. The van der Waals surface area contributed by atoms with Gasteiger partial charge in [-0.3, -0.25) is 0 Å². The molecule has 0 radical (unpaired) electrons. The van der Waals surface area contributed by atoms with E-state index in [1.54, 1.807) is 11.3 Å². The Morgan fingerprint density at radius 3 is 2.54 bits per heavy atom. The molecule has 0 fully saturated rings. The second kappa shape index (κ2) is 3.81. The molecule has 1 N–H and O–H groups in total. The minimum atomic E-state index is -0.227. The number of thiophene rings is 1. The maximum atomic E-state index is 9.36. The molecule has 1 nitrogen and oxygen atoms in total. The predicted molar refractivity (Wildman–Crippen MR) is 58.4 cm³/mol. The maximum Gasteiger partial charge on any atom is 0.0520 e. The normalized spacial score (nSPS) is 14.5. The van der Waals surface area contributed by atoms with Gasteiger partial charge in [-0.1, -0.05) is 13.8 Å². The van der Waals surface area contributed by atoms with Crippen LogP contribution in [0.5, 0.6) is 0 Å². The smallest absolute Gasteiger partial charge is 0.0520 e. The van der Waals surface area contributed by atoms with E-state index >= 15 is 0 Å². The Bertz CT molecular complexity index is 273. The highest BCUT2D eigenvalue weighted by atomic mass is 32.1. The summed E-state index contributed by atoms with van der Waals surface area (Å²) in [4.78, 5) is 1.34. The average molecular weight is 198 g/mol. The monoisotopic (exact) mass is 198 g/mol. The Balaban J connectivity index is 2.80. The van der Waals surface area contributed by atoms with Crippen LogP contribution in [-0.2, 0) is 5.41 Å². The summed E-state index contributed by atoms with van der Waals surface area (Å²) in [6.07, 6.45) is 0.596. The molecule has 2 heteroatoms. The van der Waals surface area contributed by atoms with Gasteiger partial charge in [0.2, 0.25) is 0 Å². The SMILES string of the molecule is Cc1cc(C(C)(C)CC(C)O)cs1. The van der Waals surface area contributed by atoms with Crippen LogP contribution < -0.4 is 0 Å². The van der Waals surface area contributed by atoms with Gasteiger partial charge in [-0.25, -0.2) is 0 Å². The Hall–Kier alpha value is -0.340. The molecule has 0 aliphatic carbocycles. The van der Waals surface area contributed by atoms with Crippen LogP contribution in [0.1, 0.15) is 37.6 Å². The summed E-state index contributed by atoms with van der Waals surface area (Å²) in [6.45, 7) is 8.33. The summed E-state index contributed by atoms with van der Waals surface area (Å²) < 4.78 is 0. The van der Waals surface area contributed by atoms with E-state index in [0.29, 0.717) is 0 Å². The van der Waals surface area contributed by atoms with Crippen LogP contribution in [0.4, 0.5) is 0 Å². The van der Waals surface area contributed by atoms with Gasteiger partial charge in [0, 0.05) is 4.88 Å². The van der Waals surface area contributed by atoms with E-state index in [-0.39, 0.29) is 11.5 Å². The van der Waals surface area contributed by atoms with Crippen molar-refractivity contribution in [3.8, 4) is 0 Å². The van der Waals surface area contributed by atoms with Crippen LogP contribution in [0.3, 0.4) is 0 Å². The molecule has 74 valence electrons. The van der Waals surface area contributed by atoms with Gasteiger partial charge >= 0.3 is 0 Å². The first kappa shape index (κ1) is 10.7. The van der Waals surface area contributed by atoms with Crippen molar-refractivity contribution in [1.82, 2.24) is 0 Å². The Labute approximate surface area is 84.4 Å². The second-order valence-electron chi connectivity index (χ2n) is 4.38. The fourth-order valence-electron chi connectivity index (χ4n) is 1.65. The van der Waals surface area contributed by atoms with Crippen molar-refractivity contribution >= 4 is 11.3 Å². The minimum Gasteiger partial charge on any atom is -0.393 e. The van der Waals surface area contributed by atoms with Crippen molar-refractivity contribution in [1.29, 1.82) is 0 Å². The Morgan fingerprint density at radius 1 is 1.54 bits per heavy atom. The van der Waals surface area contributed by atoms with Crippen LogP contribution in [0.15, 0.2) is 11.4 Å². The van der Waals surface area contributed by atoms with Crippen molar-refractivity contribution in [2.24, 2.45) is 0 Å². The number of aliphatic hydroxyl groups excluding tert-OH is 1. The van der Waals surface area contributed by atoms with Gasteiger partial charge in [-0.05, 0) is 42.7 Å². The van der Waals surface area contributed by atoms with Crippen LogP contribution in [0, 0.1) is 6.92 Å². The first-order chi connectivity index (χ1) is 5.92. The average Bonchev–Trinajstić information content (AvgIpc) is 2.32. The largest absolute Gasteiger partial charge is 0.393 e. The fourth-order valence-corrected chi connectivity index (χ4v) is 2.55. The van der Waals surface area contributed by atoms with E-state index in [1.165, 1.54) is 10.4 Å². The molecule has 1 aromatic rings. The molecule has 1 heterocycles. The van der Waals surface area contributed by atoms with Gasteiger partial charge < -0.3 is 5.11 Å². The number of aryl methyl sites for hydroxylation is 1. The minimum absolute atomic E-state index is 0.0962. The molecule has 0 aliphatic rings. The van der Waals surface area contributed by atoms with Crippen molar-refractivity contribution in [3.63, 3.8) is 0 Å². The predicted octanol–water partition coefficient (Wildman–Crippen LogP) is 3.11. The van der Waals surface area contributed by atoms with Gasteiger partial charge in [0.05, 0.1) is 6.10 Å². The van der Waals surface area contributed by atoms with Crippen LogP contribution in [0.2, 0.25) is 0 Å². The van der Waals surface area contributed by atoms with E-state index in [1.807, 2.05) is 6.92 Å². The third-order valence-corrected chi connectivity index (χ3v) is 3.18. The van der Waals surface area contributed by atoms with Gasteiger partial charge in [-0.15, -0.1) is 11.3 Å². The quantitative estimate of drug-likeness (QED) is 0.791. The maximum absolute atomic E-state index is 9.36. The van der Waals surface area contributed by atoms with Crippen molar-refractivity contribution in [2.75, 3.05) is 0 Å². The lowest BCUT2D eigenvalue weighted by Crippen LogP contribution is -2.22.